The molecular weight excluding hydrogens is 366 g/mol. The maximum Gasteiger partial charge on any atom is 0.419 e. The molecule has 2 heterocycles. The fraction of sp³-hybridized carbons (Fsp3) is 0.368. The van der Waals surface area contributed by atoms with Crippen molar-refractivity contribution < 1.29 is 17.9 Å². The van der Waals surface area contributed by atoms with Crippen LogP contribution in [-0.4, -0.2) is 49.8 Å². The number of amides is 1. The number of hydrogen-bond donors (Lipinski definition) is 0. The molecule has 0 radical (unpaired) electrons. The number of amidine groups is 1. The van der Waals surface area contributed by atoms with Crippen molar-refractivity contribution >= 4 is 22.0 Å². The summed E-state index contributed by atoms with van der Waals surface area (Å²) in [5.41, 5.74) is 0. The van der Waals surface area contributed by atoms with Gasteiger partial charge < -0.3 is 9.64 Å². The first kappa shape index (κ1) is 19.2. The number of nitrogens with zero attached hydrogens (tertiary/aromatic N) is 3. The van der Waals surface area contributed by atoms with E-state index in [2.05, 4.69) is 4.40 Å². The number of sulfonamides is 1. The maximum atomic E-state index is 12.7. The third-order valence-electron chi connectivity index (χ3n) is 4.51. The zero-order valence-electron chi connectivity index (χ0n) is 15.4. The number of benzene rings is 1. The van der Waals surface area contributed by atoms with Gasteiger partial charge >= 0.3 is 6.09 Å². The molecular formula is C19H23N3O4S. The standard InChI is InChI=1S/C19H23N3O4S/c1-15-11-12-17(27(24,25)20-18-10-6-7-13-21(18)2)14-22(15)19(23)26-16-8-4-3-5-9-16/h3-5,8-9,11-12,14-15H,6-7,10,13H2,1-2H3/b20-18+. The molecule has 144 valence electrons. The Morgan fingerprint density at radius 2 is 1.96 bits per heavy atom. The molecule has 0 N–H and O–H groups in total. The fourth-order valence-electron chi connectivity index (χ4n) is 2.90. The number of hydrogen-bond acceptors (Lipinski definition) is 4. The summed E-state index contributed by atoms with van der Waals surface area (Å²) in [7, 11) is -2.07. The highest BCUT2D eigenvalue weighted by molar-refractivity contribution is 7.94. The SMILES string of the molecule is CC1C=CC(S(=O)(=O)/N=C2\CCCCN2C)=CN1C(=O)Oc1ccccc1. The van der Waals surface area contributed by atoms with Crippen molar-refractivity contribution in [3.63, 3.8) is 0 Å². The Hall–Kier alpha value is -2.61. The lowest BCUT2D eigenvalue weighted by Gasteiger charge is -2.27. The molecule has 1 amide bonds. The summed E-state index contributed by atoms with van der Waals surface area (Å²) in [5, 5.41) is 0. The van der Waals surface area contributed by atoms with Crippen LogP contribution in [0.4, 0.5) is 4.79 Å². The van der Waals surface area contributed by atoms with Crippen LogP contribution < -0.4 is 4.74 Å². The first-order valence-corrected chi connectivity index (χ1v) is 10.3. The summed E-state index contributed by atoms with van der Waals surface area (Å²) in [4.78, 5) is 15.6. The van der Waals surface area contributed by atoms with Crippen molar-refractivity contribution in [2.45, 2.75) is 32.2 Å². The molecule has 1 atom stereocenters. The molecule has 8 heteroatoms. The Morgan fingerprint density at radius 1 is 1.22 bits per heavy atom. The second kappa shape index (κ2) is 7.96. The van der Waals surface area contributed by atoms with Gasteiger partial charge in [-0.25, -0.2) is 4.79 Å². The summed E-state index contributed by atoms with van der Waals surface area (Å²) in [6.45, 7) is 2.57. The second-order valence-corrected chi connectivity index (χ2v) is 8.18. The molecule has 0 bridgehead atoms. The predicted octanol–water partition coefficient (Wildman–Crippen LogP) is 3.13. The summed E-state index contributed by atoms with van der Waals surface area (Å²) >= 11 is 0. The van der Waals surface area contributed by atoms with Crippen LogP contribution in [0.5, 0.6) is 5.75 Å². The number of allylic oxidation sites excluding steroid dienone is 1. The molecule has 0 spiro atoms. The van der Waals surface area contributed by atoms with Gasteiger partial charge in [0, 0.05) is 26.2 Å². The monoisotopic (exact) mass is 389 g/mol. The zero-order chi connectivity index (χ0) is 19.4. The quantitative estimate of drug-likeness (QED) is 0.793. The lowest BCUT2D eigenvalue weighted by molar-refractivity contribution is 0.163. The molecule has 0 saturated carbocycles. The topological polar surface area (TPSA) is 79.3 Å². The molecule has 2 aliphatic rings. The van der Waals surface area contributed by atoms with Gasteiger partial charge in [-0.1, -0.05) is 24.3 Å². The van der Waals surface area contributed by atoms with Crippen molar-refractivity contribution in [3.8, 4) is 5.75 Å². The van der Waals surface area contributed by atoms with E-state index in [4.69, 9.17) is 4.74 Å². The van der Waals surface area contributed by atoms with Crippen LogP contribution in [-0.2, 0) is 10.0 Å². The van der Waals surface area contributed by atoms with E-state index in [1.807, 2.05) is 18.0 Å². The minimum atomic E-state index is -3.91. The molecule has 0 aliphatic carbocycles. The maximum absolute atomic E-state index is 12.7. The Labute approximate surface area is 159 Å². The smallest absolute Gasteiger partial charge is 0.410 e. The van der Waals surface area contributed by atoms with Crippen molar-refractivity contribution in [1.82, 2.24) is 9.80 Å². The summed E-state index contributed by atoms with van der Waals surface area (Å²) in [6, 6.07) is 8.32. The molecule has 3 rings (SSSR count). The molecule has 7 nitrogen and oxygen atoms in total. The first-order chi connectivity index (χ1) is 12.9. The number of carbonyl (C=O) groups excluding carboxylic acids is 1. The van der Waals surface area contributed by atoms with Crippen LogP contribution in [0.3, 0.4) is 0 Å². The summed E-state index contributed by atoms with van der Waals surface area (Å²) in [6.07, 6.45) is 6.34. The fourth-order valence-corrected chi connectivity index (χ4v) is 4.01. The van der Waals surface area contributed by atoms with Crippen molar-refractivity contribution in [2.75, 3.05) is 13.6 Å². The van der Waals surface area contributed by atoms with Crippen LogP contribution in [0.1, 0.15) is 26.2 Å². The van der Waals surface area contributed by atoms with E-state index in [-0.39, 0.29) is 10.9 Å². The van der Waals surface area contributed by atoms with Gasteiger partial charge in [-0.05, 0) is 38.0 Å². The summed E-state index contributed by atoms with van der Waals surface area (Å²) in [5.74, 6) is 0.943. The van der Waals surface area contributed by atoms with Gasteiger partial charge in [0.05, 0.1) is 6.04 Å². The normalized spacial score (nSPS) is 21.9. The molecule has 0 aromatic heterocycles. The lowest BCUT2D eigenvalue weighted by Crippen LogP contribution is -2.37. The number of para-hydroxylation sites is 1. The van der Waals surface area contributed by atoms with Crippen molar-refractivity contribution in [2.24, 2.45) is 4.40 Å². The average molecular weight is 389 g/mol. The average Bonchev–Trinajstić information content (AvgIpc) is 2.64. The molecule has 2 aliphatic heterocycles. The molecule has 1 saturated heterocycles. The minimum absolute atomic E-state index is 0.0305. The highest BCUT2D eigenvalue weighted by atomic mass is 32.2. The predicted molar refractivity (Wildman–Crippen MR) is 104 cm³/mol. The third-order valence-corrected chi connectivity index (χ3v) is 5.80. The van der Waals surface area contributed by atoms with Gasteiger partial charge in [0.15, 0.2) is 0 Å². The third kappa shape index (κ3) is 4.57. The van der Waals surface area contributed by atoms with Crippen LogP contribution in [0.25, 0.3) is 0 Å². The van der Waals surface area contributed by atoms with Crippen LogP contribution in [0.15, 0.2) is 58.0 Å². The largest absolute Gasteiger partial charge is 0.419 e. The van der Waals surface area contributed by atoms with Crippen molar-refractivity contribution in [3.05, 3.63) is 53.6 Å². The van der Waals surface area contributed by atoms with Gasteiger partial charge in [-0.3, -0.25) is 4.90 Å². The Bertz CT molecular complexity index is 891. The van der Waals surface area contributed by atoms with Crippen LogP contribution >= 0.6 is 0 Å². The highest BCUT2D eigenvalue weighted by Gasteiger charge is 2.27. The number of piperidine rings is 1. The van der Waals surface area contributed by atoms with Crippen LogP contribution in [0.2, 0.25) is 0 Å². The Balaban J connectivity index is 1.82. The molecule has 1 aromatic rings. The van der Waals surface area contributed by atoms with E-state index in [1.165, 1.54) is 17.2 Å². The van der Waals surface area contributed by atoms with Crippen molar-refractivity contribution in [1.29, 1.82) is 0 Å². The minimum Gasteiger partial charge on any atom is -0.410 e. The van der Waals surface area contributed by atoms with Gasteiger partial charge in [0.25, 0.3) is 10.0 Å². The van der Waals surface area contributed by atoms with Crippen LogP contribution in [0, 0.1) is 0 Å². The zero-order valence-corrected chi connectivity index (χ0v) is 16.2. The molecule has 1 fully saturated rings. The lowest BCUT2D eigenvalue weighted by atomic mass is 10.1. The van der Waals surface area contributed by atoms with Gasteiger partial charge in [-0.15, -0.1) is 4.40 Å². The molecule has 27 heavy (non-hydrogen) atoms. The number of rotatable bonds is 3. The number of carbonyl (C=O) groups is 1. The van der Waals surface area contributed by atoms with E-state index in [1.54, 1.807) is 37.3 Å². The Kier molecular flexibility index (Phi) is 5.65. The number of likely N-dealkylation sites (tertiary alicyclic amines) is 1. The van der Waals surface area contributed by atoms with E-state index >= 15 is 0 Å². The number of ether oxygens (including phenoxy) is 1. The molecule has 1 unspecified atom stereocenters. The van der Waals surface area contributed by atoms with Gasteiger partial charge in [-0.2, -0.15) is 8.42 Å². The summed E-state index contributed by atoms with van der Waals surface area (Å²) < 4.78 is 34.8. The van der Waals surface area contributed by atoms with Gasteiger partial charge in [0.2, 0.25) is 0 Å². The first-order valence-electron chi connectivity index (χ1n) is 8.87. The van der Waals surface area contributed by atoms with Gasteiger partial charge in [0.1, 0.15) is 16.5 Å². The van der Waals surface area contributed by atoms with E-state index in [0.717, 1.165) is 19.4 Å². The van der Waals surface area contributed by atoms with E-state index in [0.29, 0.717) is 18.0 Å². The molecule has 1 aromatic carbocycles. The highest BCUT2D eigenvalue weighted by Crippen LogP contribution is 2.23. The van der Waals surface area contributed by atoms with E-state index in [9.17, 15) is 13.2 Å². The second-order valence-electron chi connectivity index (χ2n) is 6.58. The van der Waals surface area contributed by atoms with E-state index < -0.39 is 16.1 Å². The Morgan fingerprint density at radius 3 is 2.67 bits per heavy atom.